The third kappa shape index (κ3) is 2.60. The number of hydrogen-bond acceptors (Lipinski definition) is 5. The van der Waals surface area contributed by atoms with Crippen molar-refractivity contribution in [2.45, 2.75) is 43.3 Å². The normalized spacial score (nSPS) is 16.6. The smallest absolute Gasteiger partial charge is 0.313 e. The predicted molar refractivity (Wildman–Crippen MR) is 83.8 cm³/mol. The zero-order valence-corrected chi connectivity index (χ0v) is 13.4. The first-order valence-corrected chi connectivity index (χ1v) is 8.87. The van der Waals surface area contributed by atoms with E-state index in [1.807, 2.05) is 17.5 Å². The standard InChI is InChI=1S/C14H17N3O2S2/c1-2-14(6-4-7-14)17-12(10-5-3-8-20-10)15-16-13(17)21-9-11(18)19/h3,5,8H,2,4,6-7,9H2,1H3,(H,18,19). The predicted octanol–water partition coefficient (Wildman–Crippen LogP) is 3.47. The number of carboxylic acid groups (broad SMARTS) is 1. The Morgan fingerprint density at radius 1 is 1.52 bits per heavy atom. The Hall–Kier alpha value is -1.34. The second-order valence-electron chi connectivity index (χ2n) is 5.23. The number of nitrogens with zero attached hydrogens (tertiary/aromatic N) is 3. The van der Waals surface area contributed by atoms with Crippen LogP contribution in [0.4, 0.5) is 0 Å². The third-order valence-corrected chi connectivity index (χ3v) is 5.90. The topological polar surface area (TPSA) is 68.0 Å². The van der Waals surface area contributed by atoms with Crippen LogP contribution in [0.3, 0.4) is 0 Å². The van der Waals surface area contributed by atoms with Crippen LogP contribution < -0.4 is 0 Å². The molecule has 2 aromatic heterocycles. The average molecular weight is 323 g/mol. The monoisotopic (exact) mass is 323 g/mol. The molecule has 0 radical (unpaired) electrons. The molecule has 7 heteroatoms. The van der Waals surface area contributed by atoms with Gasteiger partial charge in [0.1, 0.15) is 0 Å². The van der Waals surface area contributed by atoms with Gasteiger partial charge in [0, 0.05) is 5.54 Å². The summed E-state index contributed by atoms with van der Waals surface area (Å²) in [6.45, 7) is 2.18. The van der Waals surface area contributed by atoms with Crippen molar-refractivity contribution in [3.8, 4) is 10.7 Å². The van der Waals surface area contributed by atoms with Crippen molar-refractivity contribution in [1.82, 2.24) is 14.8 Å². The van der Waals surface area contributed by atoms with Gasteiger partial charge in [-0.1, -0.05) is 24.8 Å². The van der Waals surface area contributed by atoms with Gasteiger partial charge >= 0.3 is 5.97 Å². The summed E-state index contributed by atoms with van der Waals surface area (Å²) in [6, 6.07) is 4.04. The number of thioether (sulfide) groups is 1. The van der Waals surface area contributed by atoms with Crippen LogP contribution in [0.1, 0.15) is 32.6 Å². The highest BCUT2D eigenvalue weighted by atomic mass is 32.2. The van der Waals surface area contributed by atoms with Crippen LogP contribution in [0.15, 0.2) is 22.7 Å². The fourth-order valence-electron chi connectivity index (χ4n) is 2.80. The van der Waals surface area contributed by atoms with Crippen molar-refractivity contribution in [2.24, 2.45) is 0 Å². The van der Waals surface area contributed by atoms with Gasteiger partial charge in [-0.05, 0) is 37.1 Å². The summed E-state index contributed by atoms with van der Waals surface area (Å²) in [6.07, 6.45) is 4.45. The Balaban J connectivity index is 2.03. The van der Waals surface area contributed by atoms with Gasteiger partial charge in [-0.25, -0.2) is 0 Å². The van der Waals surface area contributed by atoms with E-state index in [1.165, 1.54) is 18.2 Å². The molecule has 0 aliphatic heterocycles. The molecule has 1 aliphatic rings. The van der Waals surface area contributed by atoms with E-state index in [-0.39, 0.29) is 11.3 Å². The van der Waals surface area contributed by atoms with Gasteiger partial charge in [0.15, 0.2) is 11.0 Å². The van der Waals surface area contributed by atoms with Crippen LogP contribution in [0.5, 0.6) is 0 Å². The number of rotatable bonds is 6. The van der Waals surface area contributed by atoms with Gasteiger partial charge in [0.25, 0.3) is 0 Å². The van der Waals surface area contributed by atoms with Crippen LogP contribution in [0, 0.1) is 0 Å². The second-order valence-corrected chi connectivity index (χ2v) is 7.12. The zero-order chi connectivity index (χ0) is 14.9. The van der Waals surface area contributed by atoms with Gasteiger partial charge in [0.05, 0.1) is 10.6 Å². The lowest BCUT2D eigenvalue weighted by Crippen LogP contribution is -2.40. The Morgan fingerprint density at radius 3 is 2.86 bits per heavy atom. The Labute approximate surface area is 131 Å². The summed E-state index contributed by atoms with van der Waals surface area (Å²) in [5, 5.41) is 20.3. The Morgan fingerprint density at radius 2 is 2.33 bits per heavy atom. The first-order valence-electron chi connectivity index (χ1n) is 7.01. The molecular formula is C14H17N3O2S2. The van der Waals surface area contributed by atoms with Crippen molar-refractivity contribution < 1.29 is 9.90 Å². The maximum Gasteiger partial charge on any atom is 0.313 e. The highest BCUT2D eigenvalue weighted by Gasteiger charge is 2.41. The van der Waals surface area contributed by atoms with Crippen molar-refractivity contribution >= 4 is 29.1 Å². The first kappa shape index (κ1) is 14.6. The molecular weight excluding hydrogens is 306 g/mol. The summed E-state index contributed by atoms with van der Waals surface area (Å²) < 4.78 is 2.19. The minimum Gasteiger partial charge on any atom is -0.481 e. The summed E-state index contributed by atoms with van der Waals surface area (Å²) >= 11 is 2.90. The van der Waals surface area contributed by atoms with Crippen molar-refractivity contribution in [1.29, 1.82) is 0 Å². The van der Waals surface area contributed by atoms with Crippen molar-refractivity contribution in [2.75, 3.05) is 5.75 Å². The van der Waals surface area contributed by atoms with Crippen LogP contribution >= 0.6 is 23.1 Å². The van der Waals surface area contributed by atoms with E-state index >= 15 is 0 Å². The first-order chi connectivity index (χ1) is 10.2. The summed E-state index contributed by atoms with van der Waals surface area (Å²) in [5.74, 6) is 0.0633. The highest BCUT2D eigenvalue weighted by molar-refractivity contribution is 7.99. The lowest BCUT2D eigenvalue weighted by Gasteiger charge is -2.43. The maximum atomic E-state index is 10.8. The lowest BCUT2D eigenvalue weighted by atomic mass is 9.74. The molecule has 0 bridgehead atoms. The minimum atomic E-state index is -0.827. The van der Waals surface area contributed by atoms with Gasteiger partial charge in [-0.2, -0.15) is 0 Å². The molecule has 0 amide bonds. The second kappa shape index (κ2) is 5.81. The minimum absolute atomic E-state index is 0.0162. The Bertz CT molecular complexity index is 627. The van der Waals surface area contributed by atoms with Crippen LogP contribution in [-0.2, 0) is 10.3 Å². The van der Waals surface area contributed by atoms with E-state index in [0.717, 1.165) is 35.1 Å². The molecule has 0 atom stereocenters. The third-order valence-electron chi connectivity index (χ3n) is 4.12. The SMILES string of the molecule is CCC1(n2c(SCC(=O)O)nnc2-c2cccs2)CCC1. The fourth-order valence-corrected chi connectivity index (χ4v) is 4.26. The average Bonchev–Trinajstić information content (AvgIpc) is 3.04. The van der Waals surface area contributed by atoms with E-state index in [1.54, 1.807) is 11.3 Å². The molecule has 1 aliphatic carbocycles. The maximum absolute atomic E-state index is 10.8. The van der Waals surface area contributed by atoms with Gasteiger partial charge in [-0.15, -0.1) is 21.5 Å². The van der Waals surface area contributed by atoms with Crippen LogP contribution in [0.2, 0.25) is 0 Å². The van der Waals surface area contributed by atoms with Gasteiger partial charge in [-0.3, -0.25) is 9.36 Å². The number of aliphatic carboxylic acids is 1. The molecule has 21 heavy (non-hydrogen) atoms. The molecule has 5 nitrogen and oxygen atoms in total. The van der Waals surface area contributed by atoms with E-state index in [9.17, 15) is 4.79 Å². The highest BCUT2D eigenvalue weighted by Crippen LogP contribution is 2.46. The van der Waals surface area contributed by atoms with Crippen LogP contribution in [0.25, 0.3) is 10.7 Å². The number of hydrogen-bond donors (Lipinski definition) is 1. The molecule has 0 aromatic carbocycles. The number of aromatic nitrogens is 3. The molecule has 3 rings (SSSR count). The summed E-state index contributed by atoms with van der Waals surface area (Å²) in [7, 11) is 0. The number of carboxylic acids is 1. The molecule has 2 aromatic rings. The lowest BCUT2D eigenvalue weighted by molar-refractivity contribution is -0.133. The van der Waals surface area contributed by atoms with Crippen molar-refractivity contribution in [3.63, 3.8) is 0 Å². The van der Waals surface area contributed by atoms with Crippen LogP contribution in [-0.4, -0.2) is 31.6 Å². The van der Waals surface area contributed by atoms with E-state index in [2.05, 4.69) is 21.7 Å². The number of thiophene rings is 1. The quantitative estimate of drug-likeness (QED) is 0.824. The molecule has 0 spiro atoms. The molecule has 1 N–H and O–H groups in total. The summed E-state index contributed by atoms with van der Waals surface area (Å²) in [4.78, 5) is 11.9. The molecule has 1 saturated carbocycles. The molecule has 0 saturated heterocycles. The van der Waals surface area contributed by atoms with E-state index in [0.29, 0.717) is 0 Å². The molecule has 0 unspecified atom stereocenters. The number of carbonyl (C=O) groups is 1. The summed E-state index contributed by atoms with van der Waals surface area (Å²) in [5.41, 5.74) is 0.0592. The van der Waals surface area contributed by atoms with Crippen molar-refractivity contribution in [3.05, 3.63) is 17.5 Å². The van der Waals surface area contributed by atoms with E-state index in [4.69, 9.17) is 5.11 Å². The largest absolute Gasteiger partial charge is 0.481 e. The fraction of sp³-hybridized carbons (Fsp3) is 0.500. The van der Waals surface area contributed by atoms with Gasteiger partial charge < -0.3 is 5.11 Å². The molecule has 1 fully saturated rings. The zero-order valence-electron chi connectivity index (χ0n) is 11.8. The van der Waals surface area contributed by atoms with Gasteiger partial charge in [0.2, 0.25) is 0 Å². The van der Waals surface area contributed by atoms with E-state index < -0.39 is 5.97 Å². The molecule has 2 heterocycles. The molecule has 112 valence electrons. The Kier molecular flexibility index (Phi) is 4.03.